The van der Waals surface area contributed by atoms with Crippen LogP contribution in [-0.2, 0) is 14.8 Å². The molecule has 2 heterocycles. The zero-order valence-electron chi connectivity index (χ0n) is 11.6. The zero-order valence-corrected chi connectivity index (χ0v) is 12.5. The maximum absolute atomic E-state index is 12.5. The van der Waals surface area contributed by atoms with Gasteiger partial charge in [0.25, 0.3) is 0 Å². The van der Waals surface area contributed by atoms with Crippen LogP contribution in [0.2, 0.25) is 0 Å². The number of sulfonamides is 1. The Bertz CT molecular complexity index is 513. The summed E-state index contributed by atoms with van der Waals surface area (Å²) in [7, 11) is -1.82. The highest BCUT2D eigenvalue weighted by molar-refractivity contribution is 7.89. The number of aryl methyl sites for hydroxylation is 2. The van der Waals surface area contributed by atoms with Gasteiger partial charge in [-0.1, -0.05) is 0 Å². The highest BCUT2D eigenvalue weighted by Gasteiger charge is 2.29. The van der Waals surface area contributed by atoms with E-state index in [0.717, 1.165) is 26.1 Å². The molecule has 0 aliphatic carbocycles. The smallest absolute Gasteiger partial charge is 0.246 e. The van der Waals surface area contributed by atoms with Gasteiger partial charge >= 0.3 is 0 Å². The zero-order chi connectivity index (χ0) is 14.0. The lowest BCUT2D eigenvalue weighted by Gasteiger charge is -2.26. The fourth-order valence-electron chi connectivity index (χ4n) is 2.47. The van der Waals surface area contributed by atoms with Gasteiger partial charge in [0.15, 0.2) is 0 Å². The quantitative estimate of drug-likeness (QED) is 0.899. The highest BCUT2D eigenvalue weighted by atomic mass is 32.2. The molecular weight excluding hydrogens is 266 g/mol. The molecule has 0 amide bonds. The fourth-order valence-corrected chi connectivity index (χ4v) is 4.04. The molecule has 0 bridgehead atoms. The Labute approximate surface area is 114 Å². The van der Waals surface area contributed by atoms with Gasteiger partial charge in [-0.2, -0.15) is 5.10 Å². The van der Waals surface area contributed by atoms with E-state index in [0.29, 0.717) is 28.7 Å². The summed E-state index contributed by atoms with van der Waals surface area (Å²) in [6.07, 6.45) is 1.84. The van der Waals surface area contributed by atoms with Gasteiger partial charge in [-0.05, 0) is 32.6 Å². The third-order valence-corrected chi connectivity index (χ3v) is 5.67. The van der Waals surface area contributed by atoms with Gasteiger partial charge in [-0.25, -0.2) is 12.7 Å². The second-order valence-corrected chi connectivity index (χ2v) is 7.09. The lowest BCUT2D eigenvalue weighted by molar-refractivity contribution is 0.0620. The van der Waals surface area contributed by atoms with Crippen LogP contribution in [0.3, 0.4) is 0 Å². The molecule has 1 N–H and O–H groups in total. The van der Waals surface area contributed by atoms with Crippen molar-refractivity contribution in [3.8, 4) is 0 Å². The van der Waals surface area contributed by atoms with Crippen molar-refractivity contribution in [1.29, 1.82) is 0 Å². The third-order valence-electron chi connectivity index (χ3n) is 3.58. The topological polar surface area (TPSA) is 75.3 Å². The van der Waals surface area contributed by atoms with Crippen molar-refractivity contribution in [2.24, 2.45) is 5.92 Å². The number of aromatic amines is 1. The molecule has 0 saturated carbocycles. The van der Waals surface area contributed by atoms with E-state index in [4.69, 9.17) is 4.74 Å². The third kappa shape index (κ3) is 2.98. The Hall–Kier alpha value is -0.920. The van der Waals surface area contributed by atoms with Crippen LogP contribution in [0.15, 0.2) is 4.90 Å². The average Bonchev–Trinajstić information content (AvgIpc) is 2.70. The van der Waals surface area contributed by atoms with Gasteiger partial charge in [0, 0.05) is 26.8 Å². The van der Waals surface area contributed by atoms with Crippen molar-refractivity contribution < 1.29 is 13.2 Å². The summed E-state index contributed by atoms with van der Waals surface area (Å²) in [4.78, 5) is 0.307. The molecule has 1 aliphatic rings. The second kappa shape index (κ2) is 5.60. The van der Waals surface area contributed by atoms with Gasteiger partial charge < -0.3 is 4.74 Å². The van der Waals surface area contributed by atoms with Gasteiger partial charge in [-0.3, -0.25) is 5.10 Å². The maximum Gasteiger partial charge on any atom is 0.246 e. The van der Waals surface area contributed by atoms with Crippen molar-refractivity contribution >= 4 is 10.0 Å². The largest absolute Gasteiger partial charge is 0.381 e. The van der Waals surface area contributed by atoms with Gasteiger partial charge in [0.1, 0.15) is 4.90 Å². The Morgan fingerprint density at radius 3 is 2.53 bits per heavy atom. The van der Waals surface area contributed by atoms with Crippen LogP contribution in [0.5, 0.6) is 0 Å². The fraction of sp³-hybridized carbons (Fsp3) is 0.750. The van der Waals surface area contributed by atoms with E-state index in [1.54, 1.807) is 20.9 Å². The van der Waals surface area contributed by atoms with E-state index in [1.165, 1.54) is 4.31 Å². The van der Waals surface area contributed by atoms with Crippen LogP contribution < -0.4 is 0 Å². The number of hydrogen-bond acceptors (Lipinski definition) is 4. The summed E-state index contributed by atoms with van der Waals surface area (Å²) in [5.41, 5.74) is 1.12. The SMILES string of the molecule is Cc1n[nH]c(C)c1S(=O)(=O)N(C)CC1CCOCC1. The Morgan fingerprint density at radius 2 is 2.00 bits per heavy atom. The first-order valence-electron chi connectivity index (χ1n) is 6.48. The van der Waals surface area contributed by atoms with Crippen LogP contribution in [0, 0.1) is 19.8 Å². The number of aromatic nitrogens is 2. The minimum Gasteiger partial charge on any atom is -0.381 e. The minimum absolute atomic E-state index is 0.307. The summed E-state index contributed by atoms with van der Waals surface area (Å²) in [6.45, 7) is 5.42. The lowest BCUT2D eigenvalue weighted by Crippen LogP contribution is -2.34. The van der Waals surface area contributed by atoms with Crippen LogP contribution in [0.4, 0.5) is 0 Å². The molecule has 2 rings (SSSR count). The van der Waals surface area contributed by atoms with E-state index in [-0.39, 0.29) is 0 Å². The van der Waals surface area contributed by atoms with Gasteiger partial charge in [0.2, 0.25) is 10.0 Å². The van der Waals surface area contributed by atoms with Crippen molar-refractivity contribution in [2.45, 2.75) is 31.6 Å². The number of hydrogen-bond donors (Lipinski definition) is 1. The molecule has 0 radical (unpaired) electrons. The Morgan fingerprint density at radius 1 is 1.37 bits per heavy atom. The molecule has 108 valence electrons. The molecule has 1 saturated heterocycles. The monoisotopic (exact) mass is 287 g/mol. The number of ether oxygens (including phenoxy) is 1. The molecular formula is C12H21N3O3S. The molecule has 7 heteroatoms. The first-order chi connectivity index (χ1) is 8.93. The number of nitrogens with one attached hydrogen (secondary N) is 1. The predicted octanol–water partition coefficient (Wildman–Crippen LogP) is 1.07. The maximum atomic E-state index is 12.5. The first-order valence-corrected chi connectivity index (χ1v) is 7.92. The molecule has 0 unspecified atom stereocenters. The summed E-state index contributed by atoms with van der Waals surface area (Å²) in [6, 6.07) is 0. The van der Waals surface area contributed by atoms with Crippen LogP contribution in [0.25, 0.3) is 0 Å². The molecule has 6 nitrogen and oxygen atoms in total. The van der Waals surface area contributed by atoms with Crippen LogP contribution in [0.1, 0.15) is 24.2 Å². The minimum atomic E-state index is -3.46. The second-order valence-electron chi connectivity index (χ2n) is 5.10. The molecule has 1 fully saturated rings. The van der Waals surface area contributed by atoms with Crippen molar-refractivity contribution in [3.05, 3.63) is 11.4 Å². The molecule has 0 spiro atoms. The molecule has 19 heavy (non-hydrogen) atoms. The van der Waals surface area contributed by atoms with E-state index in [2.05, 4.69) is 10.2 Å². The van der Waals surface area contributed by atoms with Crippen LogP contribution >= 0.6 is 0 Å². The number of nitrogens with zero attached hydrogens (tertiary/aromatic N) is 2. The van der Waals surface area contributed by atoms with Crippen LogP contribution in [-0.4, -0.2) is 49.7 Å². The molecule has 1 aliphatic heterocycles. The molecule has 0 aromatic carbocycles. The predicted molar refractivity (Wildman–Crippen MR) is 71.4 cm³/mol. The van der Waals surface area contributed by atoms with E-state index in [9.17, 15) is 8.42 Å². The first kappa shape index (κ1) is 14.5. The average molecular weight is 287 g/mol. The van der Waals surface area contributed by atoms with E-state index in [1.807, 2.05) is 0 Å². The standard InChI is InChI=1S/C12H21N3O3S/c1-9-12(10(2)14-13-9)19(16,17)15(3)8-11-4-6-18-7-5-11/h11H,4-8H2,1-3H3,(H,13,14). The number of H-pyrrole nitrogens is 1. The summed E-state index contributed by atoms with van der Waals surface area (Å²) in [5.74, 6) is 0.376. The summed E-state index contributed by atoms with van der Waals surface area (Å²) < 4.78 is 31.8. The normalized spacial score (nSPS) is 18.1. The van der Waals surface area contributed by atoms with E-state index >= 15 is 0 Å². The van der Waals surface area contributed by atoms with E-state index < -0.39 is 10.0 Å². The molecule has 1 aromatic rings. The summed E-state index contributed by atoms with van der Waals surface area (Å²) in [5, 5.41) is 6.69. The Kier molecular flexibility index (Phi) is 4.27. The van der Waals surface area contributed by atoms with Gasteiger partial charge in [-0.15, -0.1) is 0 Å². The molecule has 0 atom stereocenters. The van der Waals surface area contributed by atoms with Gasteiger partial charge in [0.05, 0.1) is 11.4 Å². The number of rotatable bonds is 4. The summed E-state index contributed by atoms with van der Waals surface area (Å²) >= 11 is 0. The molecule has 1 aromatic heterocycles. The highest BCUT2D eigenvalue weighted by Crippen LogP contribution is 2.23. The van der Waals surface area contributed by atoms with Crippen molar-refractivity contribution in [1.82, 2.24) is 14.5 Å². The lowest BCUT2D eigenvalue weighted by atomic mass is 10.0. The Balaban J connectivity index is 2.15. The van der Waals surface area contributed by atoms with Crippen molar-refractivity contribution in [2.75, 3.05) is 26.8 Å². The van der Waals surface area contributed by atoms with Crippen molar-refractivity contribution in [3.63, 3.8) is 0 Å².